The van der Waals surface area contributed by atoms with E-state index < -0.39 is 16.0 Å². The van der Waals surface area contributed by atoms with Gasteiger partial charge >= 0.3 is 5.97 Å². The average molecular weight is 354 g/mol. The highest BCUT2D eigenvalue weighted by Crippen LogP contribution is 2.19. The Morgan fingerprint density at radius 3 is 2.71 bits per heavy atom. The van der Waals surface area contributed by atoms with Crippen LogP contribution >= 0.6 is 0 Å². The minimum absolute atomic E-state index is 0.163. The predicted molar refractivity (Wildman–Crippen MR) is 89.3 cm³/mol. The molecule has 1 fully saturated rings. The van der Waals surface area contributed by atoms with Crippen LogP contribution in [0, 0.1) is 0 Å². The Bertz CT molecular complexity index is 717. The zero-order chi connectivity index (χ0) is 17.7. The number of aryl methyl sites for hydroxylation is 1. The van der Waals surface area contributed by atoms with Crippen molar-refractivity contribution >= 4 is 21.9 Å². The van der Waals surface area contributed by atoms with Crippen LogP contribution in [0.25, 0.3) is 0 Å². The molecule has 2 N–H and O–H groups in total. The van der Waals surface area contributed by atoms with Gasteiger partial charge in [-0.15, -0.1) is 0 Å². The zero-order valence-corrected chi connectivity index (χ0v) is 14.4. The van der Waals surface area contributed by atoms with Crippen LogP contribution in [0.15, 0.2) is 24.3 Å². The van der Waals surface area contributed by atoms with Crippen molar-refractivity contribution in [3.8, 4) is 0 Å². The Hall–Kier alpha value is -1.93. The highest BCUT2D eigenvalue weighted by atomic mass is 32.2. The topological polar surface area (TPSA) is 104 Å². The van der Waals surface area contributed by atoms with Crippen LogP contribution in [-0.4, -0.2) is 55.1 Å². The largest absolute Gasteiger partial charge is 0.478 e. The van der Waals surface area contributed by atoms with Crippen LogP contribution in [-0.2, 0) is 21.2 Å². The van der Waals surface area contributed by atoms with Crippen molar-refractivity contribution in [1.29, 1.82) is 0 Å². The second kappa shape index (κ2) is 7.76. The molecule has 1 atom stereocenters. The van der Waals surface area contributed by atoms with E-state index >= 15 is 0 Å². The molecule has 132 valence electrons. The van der Waals surface area contributed by atoms with Crippen LogP contribution in [0.2, 0.25) is 0 Å². The van der Waals surface area contributed by atoms with Crippen molar-refractivity contribution < 1.29 is 23.1 Å². The second-order valence-corrected chi connectivity index (χ2v) is 7.87. The zero-order valence-electron chi connectivity index (χ0n) is 13.6. The molecular formula is C16H22N2O5S. The first-order valence-corrected chi connectivity index (χ1v) is 9.68. The predicted octanol–water partition coefficient (Wildman–Crippen LogP) is 0.858. The summed E-state index contributed by atoms with van der Waals surface area (Å²) in [5.41, 5.74) is 0.808. The third-order valence-corrected chi connectivity index (χ3v) is 5.49. The summed E-state index contributed by atoms with van der Waals surface area (Å²) in [5.74, 6) is -1.23. The lowest BCUT2D eigenvalue weighted by Crippen LogP contribution is -2.42. The van der Waals surface area contributed by atoms with Crippen molar-refractivity contribution in [2.75, 3.05) is 19.3 Å². The van der Waals surface area contributed by atoms with Gasteiger partial charge in [0.15, 0.2) is 0 Å². The van der Waals surface area contributed by atoms with E-state index in [9.17, 15) is 18.0 Å². The summed E-state index contributed by atoms with van der Waals surface area (Å²) in [7, 11) is -3.25. The first kappa shape index (κ1) is 18.4. The van der Waals surface area contributed by atoms with Crippen LogP contribution in [0.3, 0.4) is 0 Å². The van der Waals surface area contributed by atoms with Gasteiger partial charge in [-0.3, -0.25) is 4.79 Å². The fourth-order valence-corrected chi connectivity index (χ4v) is 4.15. The maximum atomic E-state index is 12.0. The van der Waals surface area contributed by atoms with Crippen molar-refractivity contribution in [3.63, 3.8) is 0 Å². The molecule has 24 heavy (non-hydrogen) atoms. The summed E-state index contributed by atoms with van der Waals surface area (Å²) >= 11 is 0. The summed E-state index contributed by atoms with van der Waals surface area (Å²) in [4.78, 5) is 23.1. The van der Waals surface area contributed by atoms with Gasteiger partial charge in [-0.05, 0) is 30.9 Å². The molecule has 2 rings (SSSR count). The average Bonchev–Trinajstić information content (AvgIpc) is 3.00. The quantitative estimate of drug-likeness (QED) is 0.756. The molecule has 1 aliphatic rings. The number of carbonyl (C=O) groups is 2. The lowest BCUT2D eigenvalue weighted by molar-refractivity contribution is -0.121. The molecule has 7 nitrogen and oxygen atoms in total. The summed E-state index contributed by atoms with van der Waals surface area (Å²) in [5, 5.41) is 11.9. The molecular weight excluding hydrogens is 332 g/mol. The molecule has 0 aliphatic carbocycles. The summed E-state index contributed by atoms with van der Waals surface area (Å²) in [6.45, 7) is 0.776. The van der Waals surface area contributed by atoms with E-state index in [1.54, 1.807) is 18.2 Å². The fourth-order valence-electron chi connectivity index (χ4n) is 2.96. The van der Waals surface area contributed by atoms with Gasteiger partial charge in [-0.2, -0.15) is 4.31 Å². The molecule has 0 unspecified atom stereocenters. The van der Waals surface area contributed by atoms with Crippen molar-refractivity contribution in [3.05, 3.63) is 35.4 Å². The first-order chi connectivity index (χ1) is 11.3. The van der Waals surface area contributed by atoms with Gasteiger partial charge in [0.25, 0.3) is 0 Å². The SMILES string of the molecule is CS(=O)(=O)N1CCC[C@@H]1CNC(=O)CCc1ccccc1C(=O)O. The number of nitrogens with zero attached hydrogens (tertiary/aromatic N) is 1. The fraction of sp³-hybridized carbons (Fsp3) is 0.500. The van der Waals surface area contributed by atoms with E-state index in [1.165, 1.54) is 16.6 Å². The van der Waals surface area contributed by atoms with Gasteiger partial charge in [0.05, 0.1) is 11.8 Å². The Kier molecular flexibility index (Phi) is 5.95. The number of benzene rings is 1. The van der Waals surface area contributed by atoms with Gasteiger partial charge in [-0.25, -0.2) is 13.2 Å². The molecule has 1 saturated heterocycles. The molecule has 1 aromatic carbocycles. The number of sulfonamides is 1. The number of rotatable bonds is 7. The molecule has 0 radical (unpaired) electrons. The van der Waals surface area contributed by atoms with Gasteiger partial charge in [0.2, 0.25) is 15.9 Å². The van der Waals surface area contributed by atoms with E-state index in [0.29, 0.717) is 18.5 Å². The lowest BCUT2D eigenvalue weighted by Gasteiger charge is -2.22. The Balaban J connectivity index is 1.85. The smallest absolute Gasteiger partial charge is 0.335 e. The van der Waals surface area contributed by atoms with Gasteiger partial charge < -0.3 is 10.4 Å². The molecule has 1 aromatic rings. The standard InChI is InChI=1S/C16H22N2O5S/c1-24(22,23)18-10-4-6-13(18)11-17-15(19)9-8-12-5-2-3-7-14(12)16(20)21/h2-3,5,7,13H,4,6,8-11H2,1H3,(H,17,19)(H,20,21)/t13-/m1/s1. The summed E-state index contributed by atoms with van der Waals surface area (Å²) in [6.07, 6.45) is 3.19. The minimum atomic E-state index is -3.25. The van der Waals surface area contributed by atoms with Crippen LogP contribution in [0.5, 0.6) is 0 Å². The van der Waals surface area contributed by atoms with Crippen molar-refractivity contribution in [2.45, 2.75) is 31.7 Å². The highest BCUT2D eigenvalue weighted by molar-refractivity contribution is 7.88. The lowest BCUT2D eigenvalue weighted by atomic mass is 10.0. The molecule has 1 aliphatic heterocycles. The number of aromatic carboxylic acids is 1. The maximum Gasteiger partial charge on any atom is 0.335 e. The van der Waals surface area contributed by atoms with Gasteiger partial charge in [0.1, 0.15) is 0 Å². The number of hydrogen-bond donors (Lipinski definition) is 2. The van der Waals surface area contributed by atoms with Crippen molar-refractivity contribution in [2.24, 2.45) is 0 Å². The van der Waals surface area contributed by atoms with Crippen LogP contribution in [0.1, 0.15) is 35.2 Å². The Morgan fingerprint density at radius 1 is 1.33 bits per heavy atom. The van der Waals surface area contributed by atoms with E-state index in [0.717, 1.165) is 12.8 Å². The third kappa shape index (κ3) is 4.78. The molecule has 0 bridgehead atoms. The van der Waals surface area contributed by atoms with Crippen LogP contribution in [0.4, 0.5) is 0 Å². The maximum absolute atomic E-state index is 12.0. The molecule has 1 amide bonds. The molecule has 0 saturated carbocycles. The van der Waals surface area contributed by atoms with E-state index in [-0.39, 0.29) is 30.5 Å². The van der Waals surface area contributed by atoms with E-state index in [2.05, 4.69) is 5.32 Å². The van der Waals surface area contributed by atoms with Gasteiger partial charge in [-0.1, -0.05) is 18.2 Å². The highest BCUT2D eigenvalue weighted by Gasteiger charge is 2.31. The summed E-state index contributed by atoms with van der Waals surface area (Å²) < 4.78 is 24.7. The summed E-state index contributed by atoms with van der Waals surface area (Å²) in [6, 6.07) is 6.39. The van der Waals surface area contributed by atoms with Gasteiger partial charge in [0, 0.05) is 25.6 Å². The minimum Gasteiger partial charge on any atom is -0.478 e. The number of carbonyl (C=O) groups excluding carboxylic acids is 1. The number of carboxylic acids is 1. The monoisotopic (exact) mass is 354 g/mol. The molecule has 8 heteroatoms. The van der Waals surface area contributed by atoms with Crippen LogP contribution < -0.4 is 5.32 Å². The molecule has 1 heterocycles. The number of hydrogen-bond acceptors (Lipinski definition) is 4. The molecule has 0 spiro atoms. The Morgan fingerprint density at radius 2 is 2.04 bits per heavy atom. The Labute approximate surface area is 141 Å². The normalized spacial score (nSPS) is 18.5. The van der Waals surface area contributed by atoms with E-state index in [4.69, 9.17) is 5.11 Å². The second-order valence-electron chi connectivity index (χ2n) is 5.94. The van der Waals surface area contributed by atoms with E-state index in [1.807, 2.05) is 0 Å². The first-order valence-electron chi connectivity index (χ1n) is 7.83. The number of amides is 1. The molecule has 0 aromatic heterocycles. The number of nitrogens with one attached hydrogen (secondary N) is 1. The number of carboxylic acid groups (broad SMARTS) is 1. The third-order valence-electron chi connectivity index (χ3n) is 4.15. The van der Waals surface area contributed by atoms with Crippen molar-refractivity contribution in [1.82, 2.24) is 9.62 Å².